The number of hydrogen-bond acceptors (Lipinski definition) is 2. The second-order valence-corrected chi connectivity index (χ2v) is 5.68. The summed E-state index contributed by atoms with van der Waals surface area (Å²) < 4.78 is 5.67. The van der Waals surface area contributed by atoms with Crippen LogP contribution in [0, 0.1) is 11.8 Å². The fraction of sp³-hybridized carbons (Fsp3) is 1.00. The molecule has 1 N–H and O–H groups in total. The molecular formula is C15H31NO. The fourth-order valence-electron chi connectivity index (χ4n) is 2.70. The van der Waals surface area contributed by atoms with Crippen LogP contribution in [0.15, 0.2) is 0 Å². The molecule has 1 fully saturated rings. The van der Waals surface area contributed by atoms with Gasteiger partial charge in [-0.2, -0.15) is 0 Å². The summed E-state index contributed by atoms with van der Waals surface area (Å²) in [6.45, 7) is 8.55. The third kappa shape index (κ3) is 7.77. The minimum Gasteiger partial charge on any atom is -0.380 e. The molecule has 0 aliphatic heterocycles. The van der Waals surface area contributed by atoms with Gasteiger partial charge in [0.1, 0.15) is 0 Å². The van der Waals surface area contributed by atoms with Gasteiger partial charge in [-0.25, -0.2) is 0 Å². The lowest BCUT2D eigenvalue weighted by Gasteiger charge is -2.21. The summed E-state index contributed by atoms with van der Waals surface area (Å²) in [6.07, 6.45) is 9.76. The Balaban J connectivity index is 1.83. The molecule has 0 bridgehead atoms. The highest BCUT2D eigenvalue weighted by molar-refractivity contribution is 4.67. The Bertz CT molecular complexity index is 166. The summed E-state index contributed by atoms with van der Waals surface area (Å²) in [4.78, 5) is 0. The van der Waals surface area contributed by atoms with Gasteiger partial charge in [0.2, 0.25) is 0 Å². The molecule has 0 heterocycles. The van der Waals surface area contributed by atoms with E-state index in [1.807, 2.05) is 0 Å². The van der Waals surface area contributed by atoms with Crippen molar-refractivity contribution in [3.63, 3.8) is 0 Å². The van der Waals surface area contributed by atoms with Crippen molar-refractivity contribution >= 4 is 0 Å². The Morgan fingerprint density at radius 2 is 2.00 bits per heavy atom. The summed E-state index contributed by atoms with van der Waals surface area (Å²) in [5.41, 5.74) is 0. The highest BCUT2D eigenvalue weighted by Crippen LogP contribution is 2.22. The minimum absolute atomic E-state index is 0.721. The second-order valence-electron chi connectivity index (χ2n) is 5.68. The van der Waals surface area contributed by atoms with Crippen molar-refractivity contribution in [3.05, 3.63) is 0 Å². The zero-order valence-electron chi connectivity index (χ0n) is 11.8. The summed E-state index contributed by atoms with van der Waals surface area (Å²) in [5.74, 6) is 1.65. The van der Waals surface area contributed by atoms with Crippen LogP contribution < -0.4 is 5.32 Å². The molecule has 0 saturated heterocycles. The van der Waals surface area contributed by atoms with Crippen LogP contribution in [0.5, 0.6) is 0 Å². The average Bonchev–Trinajstić information content (AvgIpc) is 2.35. The fourth-order valence-corrected chi connectivity index (χ4v) is 2.70. The summed E-state index contributed by atoms with van der Waals surface area (Å²) in [5, 5.41) is 3.54. The molecular weight excluding hydrogens is 210 g/mol. The van der Waals surface area contributed by atoms with Crippen LogP contribution in [0.25, 0.3) is 0 Å². The molecule has 0 aromatic rings. The van der Waals surface area contributed by atoms with Crippen LogP contribution >= 0.6 is 0 Å². The summed E-state index contributed by atoms with van der Waals surface area (Å²) >= 11 is 0. The Hall–Kier alpha value is -0.0800. The van der Waals surface area contributed by atoms with Crippen LogP contribution in [0.1, 0.15) is 58.8 Å². The van der Waals surface area contributed by atoms with E-state index in [1.54, 1.807) is 0 Å². The van der Waals surface area contributed by atoms with Crippen LogP contribution in [0.2, 0.25) is 0 Å². The monoisotopic (exact) mass is 241 g/mol. The molecule has 1 unspecified atom stereocenters. The highest BCUT2D eigenvalue weighted by Gasteiger charge is 2.12. The van der Waals surface area contributed by atoms with E-state index in [-0.39, 0.29) is 0 Å². The summed E-state index contributed by atoms with van der Waals surface area (Å²) in [7, 11) is 0. The zero-order valence-corrected chi connectivity index (χ0v) is 11.8. The van der Waals surface area contributed by atoms with Gasteiger partial charge >= 0.3 is 0 Å². The van der Waals surface area contributed by atoms with E-state index >= 15 is 0 Å². The maximum atomic E-state index is 5.67. The van der Waals surface area contributed by atoms with E-state index in [4.69, 9.17) is 4.74 Å². The van der Waals surface area contributed by atoms with Crippen LogP contribution in [-0.4, -0.2) is 26.3 Å². The second kappa shape index (κ2) is 9.90. The molecule has 1 aliphatic rings. The van der Waals surface area contributed by atoms with Gasteiger partial charge in [0.25, 0.3) is 0 Å². The lowest BCUT2D eigenvalue weighted by molar-refractivity contribution is 0.103. The van der Waals surface area contributed by atoms with Gasteiger partial charge < -0.3 is 10.1 Å². The largest absolute Gasteiger partial charge is 0.380 e. The molecule has 0 aromatic heterocycles. The van der Waals surface area contributed by atoms with E-state index in [9.17, 15) is 0 Å². The minimum atomic E-state index is 0.721. The van der Waals surface area contributed by atoms with Gasteiger partial charge in [0.05, 0.1) is 6.61 Å². The topological polar surface area (TPSA) is 21.3 Å². The molecule has 1 rings (SSSR count). The van der Waals surface area contributed by atoms with E-state index in [0.717, 1.165) is 31.6 Å². The van der Waals surface area contributed by atoms with E-state index in [0.29, 0.717) is 0 Å². The molecule has 1 saturated carbocycles. The maximum absolute atomic E-state index is 5.67. The first kappa shape index (κ1) is 15.0. The predicted molar refractivity (Wildman–Crippen MR) is 74.3 cm³/mol. The molecule has 0 amide bonds. The van der Waals surface area contributed by atoms with Crippen LogP contribution in [0.3, 0.4) is 0 Å². The number of rotatable bonds is 9. The quantitative estimate of drug-likeness (QED) is 0.623. The molecule has 0 radical (unpaired) electrons. The van der Waals surface area contributed by atoms with Crippen molar-refractivity contribution in [3.8, 4) is 0 Å². The van der Waals surface area contributed by atoms with E-state index in [1.165, 1.54) is 51.5 Å². The molecule has 17 heavy (non-hydrogen) atoms. The van der Waals surface area contributed by atoms with Gasteiger partial charge in [-0.1, -0.05) is 39.5 Å². The number of ether oxygens (including phenoxy) is 1. The van der Waals surface area contributed by atoms with Crippen molar-refractivity contribution in [1.82, 2.24) is 5.32 Å². The first-order valence-electron chi connectivity index (χ1n) is 7.61. The first-order valence-corrected chi connectivity index (χ1v) is 7.61. The van der Waals surface area contributed by atoms with Crippen molar-refractivity contribution in [1.29, 1.82) is 0 Å². The Morgan fingerprint density at radius 1 is 1.24 bits per heavy atom. The smallest absolute Gasteiger partial charge is 0.0591 e. The predicted octanol–water partition coefficient (Wildman–Crippen LogP) is 3.61. The van der Waals surface area contributed by atoms with Gasteiger partial charge in [-0.3, -0.25) is 0 Å². The molecule has 1 aliphatic carbocycles. The normalized spacial score (nSPS) is 19.4. The van der Waals surface area contributed by atoms with Crippen LogP contribution in [-0.2, 0) is 4.74 Å². The van der Waals surface area contributed by atoms with E-state index in [2.05, 4.69) is 19.2 Å². The van der Waals surface area contributed by atoms with Crippen molar-refractivity contribution < 1.29 is 4.74 Å². The average molecular weight is 241 g/mol. The van der Waals surface area contributed by atoms with Crippen molar-refractivity contribution in [2.45, 2.75) is 58.8 Å². The summed E-state index contributed by atoms with van der Waals surface area (Å²) in [6, 6.07) is 0. The molecule has 2 heteroatoms. The number of hydrogen-bond donors (Lipinski definition) is 1. The third-order valence-corrected chi connectivity index (χ3v) is 3.76. The Kier molecular flexibility index (Phi) is 8.72. The maximum Gasteiger partial charge on any atom is 0.0591 e. The molecule has 102 valence electrons. The Morgan fingerprint density at radius 3 is 2.71 bits per heavy atom. The van der Waals surface area contributed by atoms with Crippen molar-refractivity contribution in [2.24, 2.45) is 11.8 Å². The van der Waals surface area contributed by atoms with Crippen LogP contribution in [0.4, 0.5) is 0 Å². The standard InChI is InChI=1S/C15H31NO/c1-3-7-14(2)13-17-11-10-16-12-15-8-5-4-6-9-15/h14-16H,3-13H2,1-2H3. The third-order valence-electron chi connectivity index (χ3n) is 3.76. The Labute approximate surface area is 108 Å². The van der Waals surface area contributed by atoms with Gasteiger partial charge in [-0.05, 0) is 37.6 Å². The molecule has 0 aromatic carbocycles. The molecule has 0 spiro atoms. The van der Waals surface area contributed by atoms with Gasteiger partial charge in [0.15, 0.2) is 0 Å². The van der Waals surface area contributed by atoms with Gasteiger partial charge in [0, 0.05) is 13.2 Å². The molecule has 2 nitrogen and oxygen atoms in total. The lowest BCUT2D eigenvalue weighted by atomic mass is 9.89. The van der Waals surface area contributed by atoms with Crippen molar-refractivity contribution in [2.75, 3.05) is 26.3 Å². The van der Waals surface area contributed by atoms with Gasteiger partial charge in [-0.15, -0.1) is 0 Å². The van der Waals surface area contributed by atoms with E-state index < -0.39 is 0 Å². The SMILES string of the molecule is CCCC(C)COCCNCC1CCCCC1. The highest BCUT2D eigenvalue weighted by atomic mass is 16.5. The first-order chi connectivity index (χ1) is 8.33. The lowest BCUT2D eigenvalue weighted by Crippen LogP contribution is -2.28. The zero-order chi connectivity index (χ0) is 12.3. The number of nitrogens with one attached hydrogen (secondary N) is 1. The molecule has 1 atom stereocenters.